The molecule has 2 rings (SSSR count). The van der Waals surface area contributed by atoms with Crippen LogP contribution < -0.4 is 10.6 Å². The molecule has 33 heavy (non-hydrogen) atoms. The second kappa shape index (κ2) is 11.4. The lowest BCUT2D eigenvalue weighted by molar-refractivity contribution is -0.384. The number of hydrogen-bond donors (Lipinski definition) is 2. The Morgan fingerprint density at radius 1 is 0.970 bits per heavy atom. The summed E-state index contributed by atoms with van der Waals surface area (Å²) in [6.07, 6.45) is -0.296. The second-order valence-electron chi connectivity index (χ2n) is 6.97. The zero-order valence-electron chi connectivity index (χ0n) is 18.2. The smallest absolute Gasteiger partial charge is 0.329 e. The zero-order valence-corrected chi connectivity index (χ0v) is 18.2. The predicted molar refractivity (Wildman–Crippen MR) is 116 cm³/mol. The van der Waals surface area contributed by atoms with Crippen LogP contribution in [0.15, 0.2) is 48.5 Å². The number of nitro groups is 1. The molecule has 0 aromatic heterocycles. The van der Waals surface area contributed by atoms with Gasteiger partial charge in [0.25, 0.3) is 11.6 Å². The van der Waals surface area contributed by atoms with E-state index in [1.165, 1.54) is 62.6 Å². The molecular weight excluding hydrogens is 434 g/mol. The number of methoxy groups -OCH3 is 2. The number of non-ortho nitro benzene ring substituents is 1. The fourth-order valence-corrected chi connectivity index (χ4v) is 3.12. The summed E-state index contributed by atoms with van der Waals surface area (Å²) in [4.78, 5) is 59.0. The van der Waals surface area contributed by atoms with Gasteiger partial charge in [-0.1, -0.05) is 12.1 Å². The number of anilines is 1. The molecule has 2 atom stereocenters. The highest BCUT2D eigenvalue weighted by molar-refractivity contribution is 5.98. The predicted octanol–water partition coefficient (Wildman–Crippen LogP) is 2.17. The Kier molecular flexibility index (Phi) is 8.61. The highest BCUT2D eigenvalue weighted by Gasteiger charge is 2.34. The maximum atomic E-state index is 12.8. The number of esters is 2. The average Bonchev–Trinajstić information content (AvgIpc) is 2.80. The Morgan fingerprint density at radius 2 is 1.58 bits per heavy atom. The van der Waals surface area contributed by atoms with Crippen molar-refractivity contribution >= 4 is 35.1 Å². The summed E-state index contributed by atoms with van der Waals surface area (Å²) in [5.74, 6) is -3.29. The van der Waals surface area contributed by atoms with Crippen molar-refractivity contribution in [2.24, 2.45) is 0 Å². The average molecular weight is 457 g/mol. The van der Waals surface area contributed by atoms with Crippen LogP contribution in [0, 0.1) is 10.1 Å². The molecule has 0 spiro atoms. The number of nitrogens with one attached hydrogen (secondary N) is 2. The van der Waals surface area contributed by atoms with E-state index in [4.69, 9.17) is 9.47 Å². The highest BCUT2D eigenvalue weighted by Crippen LogP contribution is 2.27. The number of amides is 2. The number of rotatable bonds is 9. The van der Waals surface area contributed by atoms with Gasteiger partial charge in [0, 0.05) is 36.2 Å². The molecule has 0 unspecified atom stereocenters. The van der Waals surface area contributed by atoms with Gasteiger partial charge >= 0.3 is 11.9 Å². The van der Waals surface area contributed by atoms with Crippen LogP contribution in [0.4, 0.5) is 11.4 Å². The third-order valence-electron chi connectivity index (χ3n) is 4.76. The number of nitro benzene ring substituents is 1. The Bertz CT molecular complexity index is 1030. The molecule has 11 nitrogen and oxygen atoms in total. The molecule has 0 aliphatic heterocycles. The van der Waals surface area contributed by atoms with Gasteiger partial charge < -0.3 is 20.1 Å². The molecular formula is C22H23N3O8. The number of carbonyl (C=O) groups excluding carboxylic acids is 4. The normalized spacial score (nSPS) is 12.1. The van der Waals surface area contributed by atoms with Crippen LogP contribution in [0.3, 0.4) is 0 Å². The molecule has 0 radical (unpaired) electrons. The lowest BCUT2D eigenvalue weighted by Gasteiger charge is -2.26. The van der Waals surface area contributed by atoms with E-state index in [2.05, 4.69) is 10.6 Å². The zero-order chi connectivity index (χ0) is 24.5. The largest absolute Gasteiger partial charge is 0.469 e. The van der Waals surface area contributed by atoms with Crippen molar-refractivity contribution in [3.8, 4) is 0 Å². The van der Waals surface area contributed by atoms with Crippen LogP contribution in [0.5, 0.6) is 0 Å². The summed E-state index contributed by atoms with van der Waals surface area (Å²) in [6.45, 7) is 1.35. The summed E-state index contributed by atoms with van der Waals surface area (Å²) in [6, 6.07) is 9.92. The molecule has 0 saturated heterocycles. The first-order valence-electron chi connectivity index (χ1n) is 9.73. The van der Waals surface area contributed by atoms with E-state index < -0.39 is 34.7 Å². The minimum Gasteiger partial charge on any atom is -0.469 e. The molecule has 0 heterocycles. The van der Waals surface area contributed by atoms with Crippen LogP contribution >= 0.6 is 0 Å². The summed E-state index contributed by atoms with van der Waals surface area (Å²) in [5.41, 5.74) is 0.896. The molecule has 0 aliphatic carbocycles. The van der Waals surface area contributed by atoms with E-state index in [0.29, 0.717) is 11.3 Å². The fourth-order valence-electron chi connectivity index (χ4n) is 3.12. The number of carbonyl (C=O) groups is 4. The molecule has 0 saturated carbocycles. The van der Waals surface area contributed by atoms with Crippen molar-refractivity contribution < 1.29 is 33.6 Å². The molecule has 174 valence electrons. The van der Waals surface area contributed by atoms with Crippen molar-refractivity contribution in [1.82, 2.24) is 5.32 Å². The van der Waals surface area contributed by atoms with E-state index in [1.807, 2.05) is 0 Å². The standard InChI is InChI=1S/C22H23N3O8/c1-13(26)23-16-8-4-15(5-9-16)21(28)24-20(22(29)33-3)18(12-19(27)32-2)14-6-10-17(11-7-14)25(30)31/h4-11,18,20H,12H2,1-3H3,(H,23,26)(H,24,28)/t18-,20-/m0/s1. The Hall–Kier alpha value is -4.28. The van der Waals surface area contributed by atoms with E-state index in [0.717, 1.165) is 7.11 Å². The highest BCUT2D eigenvalue weighted by atomic mass is 16.6. The van der Waals surface area contributed by atoms with Crippen molar-refractivity contribution in [1.29, 1.82) is 0 Å². The van der Waals surface area contributed by atoms with E-state index >= 15 is 0 Å². The second-order valence-corrected chi connectivity index (χ2v) is 6.97. The monoisotopic (exact) mass is 457 g/mol. The summed E-state index contributed by atoms with van der Waals surface area (Å²) in [5, 5.41) is 16.1. The summed E-state index contributed by atoms with van der Waals surface area (Å²) < 4.78 is 9.55. The molecule has 0 bridgehead atoms. The van der Waals surface area contributed by atoms with E-state index in [-0.39, 0.29) is 23.6 Å². The third-order valence-corrected chi connectivity index (χ3v) is 4.76. The van der Waals surface area contributed by atoms with Gasteiger partial charge in [-0.3, -0.25) is 24.5 Å². The topological polar surface area (TPSA) is 154 Å². The Labute approximate surface area is 189 Å². The first-order chi connectivity index (χ1) is 15.7. The maximum absolute atomic E-state index is 12.8. The lowest BCUT2D eigenvalue weighted by Crippen LogP contribution is -2.46. The Balaban J connectivity index is 2.36. The van der Waals surface area contributed by atoms with Gasteiger partial charge in [-0.15, -0.1) is 0 Å². The molecule has 2 aromatic rings. The molecule has 2 aromatic carbocycles. The van der Waals surface area contributed by atoms with Gasteiger partial charge in [0.05, 0.1) is 25.6 Å². The fraction of sp³-hybridized carbons (Fsp3) is 0.273. The molecule has 2 N–H and O–H groups in total. The van der Waals surface area contributed by atoms with Gasteiger partial charge in [0.15, 0.2) is 0 Å². The van der Waals surface area contributed by atoms with Crippen LogP contribution in [-0.4, -0.2) is 48.9 Å². The third kappa shape index (κ3) is 6.86. The van der Waals surface area contributed by atoms with Crippen molar-refractivity contribution in [2.75, 3.05) is 19.5 Å². The number of hydrogen-bond acceptors (Lipinski definition) is 8. The van der Waals surface area contributed by atoms with Gasteiger partial charge in [-0.25, -0.2) is 4.79 Å². The lowest BCUT2D eigenvalue weighted by atomic mass is 9.88. The van der Waals surface area contributed by atoms with Crippen LogP contribution in [0.25, 0.3) is 0 Å². The first-order valence-corrected chi connectivity index (χ1v) is 9.73. The van der Waals surface area contributed by atoms with Crippen molar-refractivity contribution in [3.63, 3.8) is 0 Å². The molecule has 11 heteroatoms. The van der Waals surface area contributed by atoms with Crippen molar-refractivity contribution in [2.45, 2.75) is 25.3 Å². The SMILES string of the molecule is COC(=O)C[C@@H](c1ccc([N+](=O)[O-])cc1)[C@H](NC(=O)c1ccc(NC(C)=O)cc1)C(=O)OC. The quantitative estimate of drug-likeness (QED) is 0.330. The van der Waals surface area contributed by atoms with E-state index in [1.54, 1.807) is 0 Å². The van der Waals surface area contributed by atoms with Crippen LogP contribution in [-0.2, 0) is 23.9 Å². The van der Waals surface area contributed by atoms with E-state index in [9.17, 15) is 29.3 Å². The van der Waals surface area contributed by atoms with Gasteiger partial charge in [0.2, 0.25) is 5.91 Å². The summed E-state index contributed by atoms with van der Waals surface area (Å²) in [7, 11) is 2.31. The van der Waals surface area contributed by atoms with Crippen LogP contribution in [0.2, 0.25) is 0 Å². The number of nitrogens with zero attached hydrogens (tertiary/aromatic N) is 1. The van der Waals surface area contributed by atoms with Gasteiger partial charge in [0.1, 0.15) is 6.04 Å². The number of benzene rings is 2. The van der Waals surface area contributed by atoms with Crippen molar-refractivity contribution in [3.05, 3.63) is 69.8 Å². The molecule has 0 aliphatic rings. The molecule has 0 fully saturated rings. The van der Waals surface area contributed by atoms with Gasteiger partial charge in [-0.05, 0) is 29.8 Å². The van der Waals surface area contributed by atoms with Crippen LogP contribution in [0.1, 0.15) is 35.2 Å². The molecule has 2 amide bonds. The van der Waals surface area contributed by atoms with Gasteiger partial charge in [-0.2, -0.15) is 0 Å². The summed E-state index contributed by atoms with van der Waals surface area (Å²) >= 11 is 0. The first kappa shape index (κ1) is 25.0. The maximum Gasteiger partial charge on any atom is 0.329 e. The Morgan fingerprint density at radius 3 is 2.06 bits per heavy atom. The number of ether oxygens (including phenoxy) is 2. The minimum atomic E-state index is -1.29. The minimum absolute atomic E-state index is 0.173.